The zero-order valence-corrected chi connectivity index (χ0v) is 15.4. The lowest BCUT2D eigenvalue weighted by molar-refractivity contribution is -0.133. The Balaban J connectivity index is 1.72. The third-order valence-corrected chi connectivity index (χ3v) is 5.08. The summed E-state index contributed by atoms with van der Waals surface area (Å²) in [7, 11) is -2.55. The van der Waals surface area contributed by atoms with Gasteiger partial charge in [-0.1, -0.05) is 18.2 Å². The highest BCUT2D eigenvalue weighted by molar-refractivity contribution is 6.13. The van der Waals surface area contributed by atoms with Crippen LogP contribution in [0.4, 0.5) is 5.69 Å². The van der Waals surface area contributed by atoms with Gasteiger partial charge in [-0.25, -0.2) is 4.79 Å². The molecule has 1 aromatic heterocycles. The van der Waals surface area contributed by atoms with Gasteiger partial charge in [0.1, 0.15) is 5.75 Å². The number of rotatable bonds is 5. The molecule has 0 saturated heterocycles. The van der Waals surface area contributed by atoms with Crippen LogP contribution in [0.1, 0.15) is 23.4 Å². The Hall–Kier alpha value is -3.67. The predicted octanol–water partition coefficient (Wildman–Crippen LogP) is 4.41. The van der Waals surface area contributed by atoms with Crippen LogP contribution in [0, 0.1) is 0 Å². The number of hydrogen-bond donors (Lipinski definition) is 2. The van der Waals surface area contributed by atoms with Crippen LogP contribution >= 0.6 is 0 Å². The number of ether oxygens (including phenoxy) is 1. The molecule has 2 N–H and O–H groups in total. The molecule has 2 aromatic carbocycles. The van der Waals surface area contributed by atoms with E-state index in [0.717, 1.165) is 16.5 Å². The monoisotopic (exact) mass is 391 g/mol. The largest absolute Gasteiger partial charge is 0.497 e. The van der Waals surface area contributed by atoms with E-state index in [9.17, 15) is 14.7 Å². The van der Waals surface area contributed by atoms with Crippen LogP contribution in [0.2, 0.25) is 0 Å². The molecule has 29 heavy (non-hydrogen) atoms. The summed E-state index contributed by atoms with van der Waals surface area (Å²) in [6.07, 6.45) is 4.70. The topological polar surface area (TPSA) is 88.5 Å². The van der Waals surface area contributed by atoms with Crippen molar-refractivity contribution in [3.8, 4) is 16.9 Å². The van der Waals surface area contributed by atoms with Crippen LogP contribution in [0.25, 0.3) is 21.9 Å². The molecule has 1 aliphatic carbocycles. The van der Waals surface area contributed by atoms with Gasteiger partial charge < -0.3 is 15.2 Å². The van der Waals surface area contributed by atoms with E-state index in [1.807, 2.05) is 12.1 Å². The number of aliphatic carboxylic acids is 1. The van der Waals surface area contributed by atoms with E-state index in [4.69, 9.17) is 8.85 Å². The second-order valence-corrected chi connectivity index (χ2v) is 6.78. The fraction of sp³-hybridized carbons (Fsp3) is 0.174. The van der Waals surface area contributed by atoms with E-state index in [-0.39, 0.29) is 11.3 Å². The van der Waals surface area contributed by atoms with Crippen molar-refractivity contribution < 1.29 is 23.5 Å². The molecule has 6 nitrogen and oxygen atoms in total. The van der Waals surface area contributed by atoms with Gasteiger partial charge in [-0.15, -0.1) is 0 Å². The molecule has 4 rings (SSSR count). The Morgan fingerprint density at radius 1 is 1.14 bits per heavy atom. The number of fused-ring (bicyclic) bond motifs is 1. The lowest BCUT2D eigenvalue weighted by atomic mass is 9.98. The smallest absolute Gasteiger partial charge is 0.332 e. The normalized spacial score (nSPS) is 15.5. The Bertz CT molecular complexity index is 1250. The standard InChI is InChI=1S/C23H20N2O4/c1-29-15-5-2-4-14(12-15)16-8-9-21(20-13-24-11-10-17(16)20)25-22(26)18-6-3-7-19(18)23(27)28/h2,4-5,8-13H,3,6-7H2,1H3,(H,25,26)(H,27,28)/i1D3. The molecule has 0 spiro atoms. The summed E-state index contributed by atoms with van der Waals surface area (Å²) >= 11 is 0. The second kappa shape index (κ2) is 7.75. The summed E-state index contributed by atoms with van der Waals surface area (Å²) in [6.45, 7) is 0. The minimum absolute atomic E-state index is 0.160. The zero-order chi connectivity index (χ0) is 22.9. The quantitative estimate of drug-likeness (QED) is 0.672. The van der Waals surface area contributed by atoms with Crippen molar-refractivity contribution in [3.05, 3.63) is 66.0 Å². The Kier molecular flexibility index (Phi) is 4.08. The molecule has 0 unspecified atom stereocenters. The molecule has 0 atom stereocenters. The second-order valence-electron chi connectivity index (χ2n) is 6.78. The molecule has 0 bridgehead atoms. The predicted molar refractivity (Wildman–Crippen MR) is 111 cm³/mol. The number of carbonyl (C=O) groups excluding carboxylic acids is 1. The number of carboxylic acids is 1. The SMILES string of the molecule is [2H]C([2H])([2H])Oc1cccc(-c2ccc(NC(=O)C3=C(C(=O)O)CCC3)c3cnccc23)c1. The molecular formula is C23H20N2O4. The van der Waals surface area contributed by atoms with Crippen LogP contribution in [0.3, 0.4) is 0 Å². The van der Waals surface area contributed by atoms with Crippen molar-refractivity contribution in [2.75, 3.05) is 12.4 Å². The number of benzene rings is 2. The Morgan fingerprint density at radius 3 is 2.83 bits per heavy atom. The maximum Gasteiger partial charge on any atom is 0.332 e. The van der Waals surface area contributed by atoms with Crippen LogP contribution in [0.5, 0.6) is 5.75 Å². The van der Waals surface area contributed by atoms with Crippen LogP contribution in [-0.4, -0.2) is 29.0 Å². The molecule has 1 amide bonds. The molecular weight excluding hydrogens is 368 g/mol. The van der Waals surface area contributed by atoms with Crippen LogP contribution < -0.4 is 10.1 Å². The number of amides is 1. The third kappa shape index (κ3) is 3.57. The number of carboxylic acid groups (broad SMARTS) is 1. The van der Waals surface area contributed by atoms with Crippen molar-refractivity contribution in [1.82, 2.24) is 4.98 Å². The van der Waals surface area contributed by atoms with Crippen molar-refractivity contribution >= 4 is 28.3 Å². The minimum Gasteiger partial charge on any atom is -0.497 e. The molecule has 3 aromatic rings. The summed E-state index contributed by atoms with van der Waals surface area (Å²) in [5.41, 5.74) is 2.52. The van der Waals surface area contributed by atoms with Gasteiger partial charge in [0.2, 0.25) is 0 Å². The number of nitrogens with one attached hydrogen (secondary N) is 1. The summed E-state index contributed by atoms with van der Waals surface area (Å²) < 4.78 is 26.9. The summed E-state index contributed by atoms with van der Waals surface area (Å²) in [5.74, 6) is -1.27. The number of nitrogens with zero attached hydrogens (tertiary/aromatic N) is 1. The van der Waals surface area contributed by atoms with Gasteiger partial charge in [-0.05, 0) is 60.0 Å². The van der Waals surface area contributed by atoms with Gasteiger partial charge in [0.25, 0.3) is 5.91 Å². The number of hydrogen-bond acceptors (Lipinski definition) is 4. The molecule has 1 heterocycles. The first-order chi connectivity index (χ1) is 15.2. The average molecular weight is 391 g/mol. The van der Waals surface area contributed by atoms with E-state index in [1.54, 1.807) is 42.7 Å². The maximum absolute atomic E-state index is 12.8. The first-order valence-electron chi connectivity index (χ1n) is 10.7. The summed E-state index contributed by atoms with van der Waals surface area (Å²) in [6, 6.07) is 12.1. The molecule has 6 heteroatoms. The Morgan fingerprint density at radius 2 is 2.00 bits per heavy atom. The fourth-order valence-electron chi connectivity index (χ4n) is 3.71. The van der Waals surface area contributed by atoms with Crippen molar-refractivity contribution in [2.45, 2.75) is 19.3 Å². The van der Waals surface area contributed by atoms with Crippen molar-refractivity contribution in [1.29, 1.82) is 0 Å². The molecule has 0 saturated carbocycles. The van der Waals surface area contributed by atoms with E-state index in [1.165, 1.54) is 0 Å². The molecule has 1 aliphatic rings. The highest BCUT2D eigenvalue weighted by Gasteiger charge is 2.25. The lowest BCUT2D eigenvalue weighted by Crippen LogP contribution is -2.16. The van der Waals surface area contributed by atoms with E-state index in [0.29, 0.717) is 35.9 Å². The first kappa shape index (κ1) is 15.3. The van der Waals surface area contributed by atoms with Crippen molar-refractivity contribution in [2.24, 2.45) is 0 Å². The van der Waals surface area contributed by atoms with Crippen LogP contribution in [0.15, 0.2) is 66.0 Å². The third-order valence-electron chi connectivity index (χ3n) is 5.08. The van der Waals surface area contributed by atoms with E-state index >= 15 is 0 Å². The summed E-state index contributed by atoms with van der Waals surface area (Å²) in [5, 5.41) is 13.6. The number of aromatic nitrogens is 1. The number of methoxy groups -OCH3 is 1. The first-order valence-corrected chi connectivity index (χ1v) is 9.16. The minimum atomic E-state index is -2.55. The fourth-order valence-corrected chi connectivity index (χ4v) is 3.71. The van der Waals surface area contributed by atoms with E-state index < -0.39 is 18.9 Å². The van der Waals surface area contributed by atoms with Gasteiger partial charge in [-0.2, -0.15) is 0 Å². The summed E-state index contributed by atoms with van der Waals surface area (Å²) in [4.78, 5) is 28.4. The zero-order valence-electron chi connectivity index (χ0n) is 18.4. The number of pyridine rings is 1. The number of anilines is 1. The van der Waals surface area contributed by atoms with Gasteiger partial charge in [0.05, 0.1) is 16.8 Å². The van der Waals surface area contributed by atoms with Gasteiger partial charge >= 0.3 is 5.97 Å². The lowest BCUT2D eigenvalue weighted by Gasteiger charge is -2.13. The molecule has 0 fully saturated rings. The average Bonchev–Trinajstić information content (AvgIpc) is 3.23. The van der Waals surface area contributed by atoms with Crippen molar-refractivity contribution in [3.63, 3.8) is 0 Å². The van der Waals surface area contributed by atoms with E-state index in [2.05, 4.69) is 10.3 Å². The Labute approximate surface area is 172 Å². The van der Waals surface area contributed by atoms with Gasteiger partial charge in [0, 0.05) is 28.9 Å². The van der Waals surface area contributed by atoms with Gasteiger partial charge in [-0.3, -0.25) is 9.78 Å². The van der Waals surface area contributed by atoms with Gasteiger partial charge in [0.15, 0.2) is 0 Å². The highest BCUT2D eigenvalue weighted by atomic mass is 16.5. The van der Waals surface area contributed by atoms with Crippen LogP contribution in [-0.2, 0) is 9.59 Å². The molecule has 0 radical (unpaired) electrons. The maximum atomic E-state index is 12.8. The number of carbonyl (C=O) groups is 2. The molecule has 146 valence electrons. The molecule has 0 aliphatic heterocycles. The highest BCUT2D eigenvalue weighted by Crippen LogP contribution is 2.35.